The molecule has 30 heavy (non-hydrogen) atoms. The Balaban J connectivity index is 1.49. The lowest BCUT2D eigenvalue weighted by Crippen LogP contribution is -2.48. The van der Waals surface area contributed by atoms with Crippen molar-refractivity contribution in [2.24, 2.45) is 0 Å². The molecule has 9 heteroatoms. The Kier molecular flexibility index (Phi) is 6.75. The molecule has 0 aliphatic carbocycles. The van der Waals surface area contributed by atoms with Crippen molar-refractivity contribution in [3.05, 3.63) is 52.7 Å². The topological polar surface area (TPSA) is 54.5 Å². The first-order chi connectivity index (χ1) is 14.1. The summed E-state index contributed by atoms with van der Waals surface area (Å²) in [7, 11) is 0. The number of benzene rings is 1. The van der Waals surface area contributed by atoms with Gasteiger partial charge >= 0.3 is 6.18 Å². The number of hydrogen-bond acceptors (Lipinski definition) is 4. The molecule has 0 saturated carbocycles. The molecule has 0 spiro atoms. The Morgan fingerprint density at radius 1 is 1.27 bits per heavy atom. The van der Waals surface area contributed by atoms with Gasteiger partial charge in [0.05, 0.1) is 5.56 Å². The number of nitrogens with zero attached hydrogens (tertiary/aromatic N) is 2. The van der Waals surface area contributed by atoms with Gasteiger partial charge in [0.15, 0.2) is 6.10 Å². The maximum absolute atomic E-state index is 12.7. The van der Waals surface area contributed by atoms with E-state index in [2.05, 4.69) is 10.3 Å². The van der Waals surface area contributed by atoms with Gasteiger partial charge < -0.3 is 15.0 Å². The summed E-state index contributed by atoms with van der Waals surface area (Å²) in [5, 5.41) is 3.59. The molecule has 0 bridgehead atoms. The van der Waals surface area contributed by atoms with Crippen molar-refractivity contribution >= 4 is 23.3 Å². The van der Waals surface area contributed by atoms with Crippen molar-refractivity contribution < 1.29 is 22.7 Å². The molecule has 2 heterocycles. The minimum atomic E-state index is -4.40. The zero-order valence-corrected chi connectivity index (χ0v) is 17.4. The SMILES string of the molecule is Cc1cc(Cl)ccc1OC(C)C(=O)NC1CCN(c2ccc(C(F)(F)F)cn2)CC1. The van der Waals surface area contributed by atoms with Gasteiger partial charge in [0.25, 0.3) is 5.91 Å². The third kappa shape index (κ3) is 5.56. The number of anilines is 1. The first-order valence-electron chi connectivity index (χ1n) is 9.65. The summed E-state index contributed by atoms with van der Waals surface area (Å²) in [6, 6.07) is 7.60. The normalized spacial score (nSPS) is 16.3. The van der Waals surface area contributed by atoms with E-state index in [1.54, 1.807) is 25.1 Å². The Morgan fingerprint density at radius 3 is 2.53 bits per heavy atom. The molecule has 1 aromatic carbocycles. The van der Waals surface area contributed by atoms with Crippen molar-refractivity contribution in [1.82, 2.24) is 10.3 Å². The van der Waals surface area contributed by atoms with Crippen molar-refractivity contribution in [2.45, 2.75) is 45.0 Å². The lowest BCUT2D eigenvalue weighted by molar-refractivity contribution is -0.137. The molecule has 2 aromatic rings. The Bertz CT molecular complexity index is 882. The maximum atomic E-state index is 12.7. The summed E-state index contributed by atoms with van der Waals surface area (Å²) < 4.78 is 43.8. The van der Waals surface area contributed by atoms with Crippen molar-refractivity contribution in [3.63, 3.8) is 0 Å². The summed E-state index contributed by atoms with van der Waals surface area (Å²) >= 11 is 5.94. The van der Waals surface area contributed by atoms with E-state index in [9.17, 15) is 18.0 Å². The fourth-order valence-electron chi connectivity index (χ4n) is 3.30. The number of alkyl halides is 3. The van der Waals surface area contributed by atoms with Gasteiger partial charge in [-0.05, 0) is 62.6 Å². The van der Waals surface area contributed by atoms with Crippen LogP contribution in [0.1, 0.15) is 30.9 Å². The fourth-order valence-corrected chi connectivity index (χ4v) is 3.53. The van der Waals surface area contributed by atoms with Crippen LogP contribution in [0.25, 0.3) is 0 Å². The lowest BCUT2D eigenvalue weighted by atomic mass is 10.0. The number of carbonyl (C=O) groups is 1. The number of aromatic nitrogens is 1. The van der Waals surface area contributed by atoms with Crippen molar-refractivity contribution in [2.75, 3.05) is 18.0 Å². The molecule has 1 N–H and O–H groups in total. The number of rotatable bonds is 5. The van der Waals surface area contributed by atoms with Gasteiger partial charge in [-0.15, -0.1) is 0 Å². The van der Waals surface area contributed by atoms with E-state index in [1.165, 1.54) is 6.07 Å². The number of piperidine rings is 1. The quantitative estimate of drug-likeness (QED) is 0.736. The van der Waals surface area contributed by atoms with Crippen LogP contribution in [-0.2, 0) is 11.0 Å². The molecule has 1 amide bonds. The van der Waals surface area contributed by atoms with Crippen LogP contribution in [0.4, 0.5) is 19.0 Å². The van der Waals surface area contributed by atoms with Crippen LogP contribution in [0.2, 0.25) is 5.02 Å². The van der Waals surface area contributed by atoms with Crippen LogP contribution in [0.5, 0.6) is 5.75 Å². The molecule has 1 saturated heterocycles. The van der Waals surface area contributed by atoms with Gasteiger partial charge in [-0.25, -0.2) is 4.98 Å². The zero-order valence-electron chi connectivity index (χ0n) is 16.7. The van der Waals surface area contributed by atoms with Gasteiger partial charge in [0.1, 0.15) is 11.6 Å². The Labute approximate surface area is 178 Å². The first kappa shape index (κ1) is 22.2. The second kappa shape index (κ2) is 9.12. The predicted molar refractivity (Wildman–Crippen MR) is 109 cm³/mol. The first-order valence-corrected chi connectivity index (χ1v) is 10.0. The van der Waals surface area contributed by atoms with Gasteiger partial charge in [0, 0.05) is 30.4 Å². The minimum Gasteiger partial charge on any atom is -0.481 e. The average Bonchev–Trinajstić information content (AvgIpc) is 2.70. The number of halogens is 4. The second-order valence-corrected chi connectivity index (χ2v) is 7.78. The van der Waals surface area contributed by atoms with E-state index < -0.39 is 17.8 Å². The molecule has 162 valence electrons. The van der Waals surface area contributed by atoms with E-state index in [0.29, 0.717) is 42.5 Å². The summed E-state index contributed by atoms with van der Waals surface area (Å²) in [5.74, 6) is 0.892. The van der Waals surface area contributed by atoms with Crippen LogP contribution >= 0.6 is 11.6 Å². The average molecular weight is 442 g/mol. The van der Waals surface area contributed by atoms with Crippen LogP contribution < -0.4 is 15.0 Å². The lowest BCUT2D eigenvalue weighted by Gasteiger charge is -2.33. The van der Waals surface area contributed by atoms with Crippen LogP contribution in [-0.4, -0.2) is 36.1 Å². The van der Waals surface area contributed by atoms with Gasteiger partial charge in [-0.3, -0.25) is 4.79 Å². The second-order valence-electron chi connectivity index (χ2n) is 7.34. The molecular formula is C21H23ClF3N3O2. The number of ether oxygens (including phenoxy) is 1. The molecule has 1 aliphatic heterocycles. The predicted octanol–water partition coefficient (Wildman–Crippen LogP) is 4.61. The third-order valence-corrected chi connectivity index (χ3v) is 5.29. The minimum absolute atomic E-state index is 0.0273. The van der Waals surface area contributed by atoms with Crippen molar-refractivity contribution in [3.8, 4) is 5.75 Å². The maximum Gasteiger partial charge on any atom is 0.417 e. The van der Waals surface area contributed by atoms with Gasteiger partial charge in [-0.2, -0.15) is 13.2 Å². The van der Waals surface area contributed by atoms with Crippen LogP contribution in [0, 0.1) is 6.92 Å². The van der Waals surface area contributed by atoms with E-state index >= 15 is 0 Å². The van der Waals surface area contributed by atoms with Gasteiger partial charge in [0.2, 0.25) is 0 Å². The molecule has 1 aromatic heterocycles. The van der Waals surface area contributed by atoms with Gasteiger partial charge in [-0.1, -0.05) is 11.6 Å². The molecular weight excluding hydrogens is 419 g/mol. The van der Waals surface area contributed by atoms with E-state index in [0.717, 1.165) is 17.8 Å². The molecule has 0 radical (unpaired) electrons. The summed E-state index contributed by atoms with van der Waals surface area (Å²) in [4.78, 5) is 18.3. The summed E-state index contributed by atoms with van der Waals surface area (Å²) in [6.45, 7) is 4.73. The summed E-state index contributed by atoms with van der Waals surface area (Å²) in [6.07, 6.45) is -2.88. The Hall–Kier alpha value is -2.48. The van der Waals surface area contributed by atoms with E-state index in [4.69, 9.17) is 16.3 Å². The zero-order chi connectivity index (χ0) is 21.9. The molecule has 1 atom stereocenters. The number of hydrogen-bond donors (Lipinski definition) is 1. The highest BCUT2D eigenvalue weighted by molar-refractivity contribution is 6.30. The molecule has 1 aliphatic rings. The van der Waals surface area contributed by atoms with E-state index in [1.807, 2.05) is 11.8 Å². The highest BCUT2D eigenvalue weighted by Gasteiger charge is 2.31. The molecule has 1 unspecified atom stereocenters. The molecule has 5 nitrogen and oxygen atoms in total. The van der Waals surface area contributed by atoms with Crippen molar-refractivity contribution in [1.29, 1.82) is 0 Å². The third-order valence-electron chi connectivity index (χ3n) is 5.05. The molecule has 1 fully saturated rings. The summed E-state index contributed by atoms with van der Waals surface area (Å²) in [5.41, 5.74) is 0.0813. The number of carbonyl (C=O) groups excluding carboxylic acids is 1. The number of nitrogens with one attached hydrogen (secondary N) is 1. The van der Waals surface area contributed by atoms with Crippen LogP contribution in [0.3, 0.4) is 0 Å². The largest absolute Gasteiger partial charge is 0.481 e. The Morgan fingerprint density at radius 2 is 1.97 bits per heavy atom. The molecule has 3 rings (SSSR count). The number of aryl methyl sites for hydroxylation is 1. The number of amides is 1. The monoisotopic (exact) mass is 441 g/mol. The number of pyridine rings is 1. The van der Waals surface area contributed by atoms with Crippen LogP contribution in [0.15, 0.2) is 36.5 Å². The standard InChI is InChI=1S/C21H23ClF3N3O2/c1-13-11-16(22)4-5-18(13)30-14(2)20(29)27-17-7-9-28(10-8-17)19-6-3-15(12-26-19)21(23,24)25/h3-6,11-12,14,17H,7-10H2,1-2H3,(H,27,29). The van der Waals surface area contributed by atoms with E-state index in [-0.39, 0.29) is 11.9 Å². The smallest absolute Gasteiger partial charge is 0.417 e. The highest BCUT2D eigenvalue weighted by Crippen LogP contribution is 2.30. The fraction of sp³-hybridized carbons (Fsp3) is 0.429. The highest BCUT2D eigenvalue weighted by atomic mass is 35.5.